The molecule has 1 radical (unpaired) electrons. The van der Waals surface area contributed by atoms with Crippen LogP contribution in [0.1, 0.15) is 0 Å². The van der Waals surface area contributed by atoms with E-state index in [4.69, 9.17) is 0 Å². The van der Waals surface area contributed by atoms with Crippen LogP contribution in [0.4, 0.5) is 4.39 Å². The maximum atomic E-state index is 12.2. The maximum absolute atomic E-state index is 12.2. The molecule has 0 amide bonds. The predicted octanol–water partition coefficient (Wildman–Crippen LogP) is 1.74. The molecule has 3 heteroatoms. The van der Waals surface area contributed by atoms with Crippen molar-refractivity contribution in [3.8, 4) is 0 Å². The number of halogens is 2. The molecule has 0 aliphatic heterocycles. The van der Waals surface area contributed by atoms with E-state index >= 15 is 0 Å². The van der Waals surface area contributed by atoms with E-state index < -0.39 is 0 Å². The minimum atomic E-state index is -0.340. The van der Waals surface area contributed by atoms with Crippen LogP contribution >= 0.6 is 15.9 Å². The second-order valence-electron chi connectivity index (χ2n) is 1.33. The summed E-state index contributed by atoms with van der Waals surface area (Å²) in [7, 11) is 0. The first-order chi connectivity index (χ1) is 3.80. The van der Waals surface area contributed by atoms with Crippen molar-refractivity contribution in [3.05, 3.63) is 34.6 Å². The zero-order valence-corrected chi connectivity index (χ0v) is 5.57. The van der Waals surface area contributed by atoms with Gasteiger partial charge in [0.05, 0.1) is 4.47 Å². The molecule has 1 rings (SSSR count). The van der Waals surface area contributed by atoms with Crippen molar-refractivity contribution < 1.29 is 4.39 Å². The van der Waals surface area contributed by atoms with Crippen LogP contribution in [-0.4, -0.2) is 18.9 Å². The quantitative estimate of drug-likeness (QED) is 0.536. The Morgan fingerprint density at radius 2 is 2.22 bits per heavy atom. The predicted molar refractivity (Wildman–Crippen MR) is 40.1 cm³/mol. The summed E-state index contributed by atoms with van der Waals surface area (Å²) < 4.78 is 12.7. The number of benzene rings is 1. The number of hydrogen-bond donors (Lipinski definition) is 0. The van der Waals surface area contributed by atoms with Crippen LogP contribution < -0.4 is 0 Å². The summed E-state index contributed by atoms with van der Waals surface area (Å²) in [5.74, 6) is -0.340. The first-order valence-electron chi connectivity index (χ1n) is 2.12. The Kier molecular flexibility index (Phi) is 4.21. The van der Waals surface area contributed by atoms with E-state index in [9.17, 15) is 4.39 Å². The molecular weight excluding hydrogens is 178 g/mol. The molecule has 0 atom stereocenters. The fourth-order valence-electron chi connectivity index (χ4n) is 0.396. The molecule has 0 spiro atoms. The van der Waals surface area contributed by atoms with Gasteiger partial charge in [-0.2, -0.15) is 0 Å². The monoisotopic (exact) mass is 181 g/mol. The van der Waals surface area contributed by atoms with E-state index in [1.54, 1.807) is 12.1 Å². The Hall–Kier alpha value is 0.227. The van der Waals surface area contributed by atoms with Crippen molar-refractivity contribution in [2.24, 2.45) is 0 Å². The van der Waals surface area contributed by atoms with Gasteiger partial charge in [-0.05, 0) is 22.0 Å². The van der Waals surface area contributed by atoms with Crippen LogP contribution in [0.5, 0.6) is 0 Å². The fourth-order valence-corrected chi connectivity index (χ4v) is 0.663. The summed E-state index contributed by atoms with van der Waals surface area (Å²) in [6, 6.07) is 7.26. The zero-order valence-electron chi connectivity index (χ0n) is 3.99. The van der Waals surface area contributed by atoms with Crippen LogP contribution in [0.25, 0.3) is 0 Å². The second kappa shape index (κ2) is 4.11. The van der Waals surface area contributed by atoms with E-state index in [2.05, 4.69) is 22.0 Å². The number of hydrogen-bond acceptors (Lipinski definition) is 0. The summed E-state index contributed by atoms with van der Waals surface area (Å²) in [5, 5.41) is 0. The van der Waals surface area contributed by atoms with Gasteiger partial charge in [0.25, 0.3) is 0 Å². The molecule has 0 saturated carbocycles. The van der Waals surface area contributed by atoms with Crippen LogP contribution in [0.15, 0.2) is 22.7 Å². The summed E-state index contributed by atoms with van der Waals surface area (Å²) in [5.41, 5.74) is 0. The molecule has 1 aromatic rings. The van der Waals surface area contributed by atoms with Gasteiger partial charge < -0.3 is 0 Å². The van der Waals surface area contributed by atoms with Crippen molar-refractivity contribution >= 4 is 34.8 Å². The van der Waals surface area contributed by atoms with Crippen LogP contribution in [0.3, 0.4) is 0 Å². The van der Waals surface area contributed by atoms with Crippen molar-refractivity contribution in [3.63, 3.8) is 0 Å². The minimum absolute atomic E-state index is 0. The first-order valence-corrected chi connectivity index (χ1v) is 2.91. The van der Waals surface area contributed by atoms with Crippen molar-refractivity contribution in [2.75, 3.05) is 0 Å². The van der Waals surface area contributed by atoms with Gasteiger partial charge in [-0.1, -0.05) is 12.1 Å². The molecular formula is C6H4BrFLi. The van der Waals surface area contributed by atoms with Gasteiger partial charge in [0.15, 0.2) is 0 Å². The molecule has 0 aromatic heterocycles. The molecule has 0 saturated heterocycles. The average molecular weight is 182 g/mol. The topological polar surface area (TPSA) is 0 Å². The third kappa shape index (κ3) is 2.53. The van der Waals surface area contributed by atoms with Crippen molar-refractivity contribution in [1.29, 1.82) is 0 Å². The molecule has 9 heavy (non-hydrogen) atoms. The van der Waals surface area contributed by atoms with E-state index in [-0.39, 0.29) is 24.7 Å². The van der Waals surface area contributed by atoms with E-state index in [1.807, 2.05) is 0 Å². The second-order valence-corrected chi connectivity index (χ2v) is 2.19. The Labute approximate surface area is 73.8 Å². The Balaban J connectivity index is 0.000000640. The zero-order chi connectivity index (χ0) is 5.98. The Morgan fingerprint density at radius 1 is 1.56 bits per heavy atom. The van der Waals surface area contributed by atoms with Gasteiger partial charge in [0.1, 0.15) is 5.82 Å². The van der Waals surface area contributed by atoms with Gasteiger partial charge >= 0.3 is 18.9 Å². The normalized spacial score (nSPS) is 8.22. The van der Waals surface area contributed by atoms with Gasteiger partial charge in [0, 0.05) is 6.07 Å². The average Bonchev–Trinajstić information content (AvgIpc) is 1.77. The standard InChI is InChI=1S/C6H3BrF.Li.H/c7-5-3-1-2-4-6(5)8;;/h1-3H;;. The molecule has 0 heterocycles. The van der Waals surface area contributed by atoms with Crippen molar-refractivity contribution in [2.45, 2.75) is 0 Å². The fraction of sp³-hybridized carbons (Fsp3) is 0. The SMILES string of the molecule is Fc1[c]cccc1Br.[LiH]. The summed E-state index contributed by atoms with van der Waals surface area (Å²) in [4.78, 5) is 0. The van der Waals surface area contributed by atoms with Gasteiger partial charge in [0.2, 0.25) is 0 Å². The third-order valence-corrected chi connectivity index (χ3v) is 1.37. The summed E-state index contributed by atoms with van der Waals surface area (Å²) >= 11 is 2.99. The van der Waals surface area contributed by atoms with Crippen LogP contribution in [0, 0.1) is 11.9 Å². The molecule has 1 aromatic carbocycles. The number of rotatable bonds is 0. The molecule has 0 aliphatic carbocycles. The molecule has 0 aliphatic rings. The van der Waals surface area contributed by atoms with E-state index in [0.717, 1.165) is 0 Å². The third-order valence-electron chi connectivity index (χ3n) is 0.759. The van der Waals surface area contributed by atoms with E-state index in [1.165, 1.54) is 6.07 Å². The Morgan fingerprint density at radius 3 is 2.56 bits per heavy atom. The van der Waals surface area contributed by atoms with Crippen LogP contribution in [-0.2, 0) is 0 Å². The van der Waals surface area contributed by atoms with Gasteiger partial charge in [-0.15, -0.1) is 0 Å². The van der Waals surface area contributed by atoms with Gasteiger partial charge in [-0.3, -0.25) is 0 Å². The van der Waals surface area contributed by atoms with Gasteiger partial charge in [-0.25, -0.2) is 4.39 Å². The molecule has 0 nitrogen and oxygen atoms in total. The molecule has 0 bridgehead atoms. The molecule has 0 N–H and O–H groups in total. The Bertz CT molecular complexity index is 169. The van der Waals surface area contributed by atoms with Crippen LogP contribution in [0.2, 0.25) is 0 Å². The van der Waals surface area contributed by atoms with E-state index in [0.29, 0.717) is 4.47 Å². The molecule has 43 valence electrons. The molecule has 0 unspecified atom stereocenters. The molecule has 0 fully saturated rings. The summed E-state index contributed by atoms with van der Waals surface area (Å²) in [6.45, 7) is 0. The summed E-state index contributed by atoms with van der Waals surface area (Å²) in [6.07, 6.45) is 0. The van der Waals surface area contributed by atoms with Crippen molar-refractivity contribution in [1.82, 2.24) is 0 Å². The first kappa shape index (κ1) is 9.23.